The van der Waals surface area contributed by atoms with E-state index in [2.05, 4.69) is 23.8 Å². The van der Waals surface area contributed by atoms with Crippen molar-refractivity contribution in [1.29, 1.82) is 0 Å². The zero-order chi connectivity index (χ0) is 17.7. The first kappa shape index (κ1) is 19.4. The Morgan fingerprint density at radius 1 is 0.840 bits per heavy atom. The molecular formula is C21H30N2O2. The van der Waals surface area contributed by atoms with Gasteiger partial charge in [0.05, 0.1) is 6.61 Å². The fourth-order valence-electron chi connectivity index (χ4n) is 2.58. The Bertz CT molecular complexity index is 582. The number of aromatic nitrogens is 2. The van der Waals surface area contributed by atoms with Gasteiger partial charge in [-0.25, -0.2) is 9.97 Å². The zero-order valence-electron chi connectivity index (χ0n) is 15.5. The smallest absolute Gasteiger partial charge is 0.189 e. The number of unbranched alkanes of at least 4 members (excludes halogenated alkanes) is 4. The van der Waals surface area contributed by atoms with Gasteiger partial charge < -0.3 is 9.47 Å². The molecule has 0 saturated heterocycles. The lowest BCUT2D eigenvalue weighted by Crippen LogP contribution is -2.03. The van der Waals surface area contributed by atoms with Gasteiger partial charge in [0.25, 0.3) is 0 Å². The number of ether oxygens (including phenoxy) is 2. The number of aryl methyl sites for hydroxylation is 1. The van der Waals surface area contributed by atoms with Crippen LogP contribution in [0, 0.1) is 0 Å². The first-order chi connectivity index (χ1) is 12.3. The van der Waals surface area contributed by atoms with E-state index in [0.717, 1.165) is 36.6 Å². The van der Waals surface area contributed by atoms with Crippen LogP contribution in [0.15, 0.2) is 36.7 Å². The van der Waals surface area contributed by atoms with Crippen LogP contribution in [-0.4, -0.2) is 23.4 Å². The molecular weight excluding hydrogens is 312 g/mol. The highest BCUT2D eigenvalue weighted by molar-refractivity contribution is 5.55. The topological polar surface area (TPSA) is 44.2 Å². The maximum absolute atomic E-state index is 5.53. The van der Waals surface area contributed by atoms with Crippen molar-refractivity contribution in [3.63, 3.8) is 0 Å². The number of nitrogens with zero attached hydrogens (tertiary/aromatic N) is 2. The van der Waals surface area contributed by atoms with E-state index in [9.17, 15) is 0 Å². The second-order valence-corrected chi connectivity index (χ2v) is 6.27. The molecule has 0 amide bonds. The van der Waals surface area contributed by atoms with Crippen LogP contribution in [0.3, 0.4) is 0 Å². The van der Waals surface area contributed by atoms with Gasteiger partial charge in [0.15, 0.2) is 12.6 Å². The van der Waals surface area contributed by atoms with Crippen LogP contribution >= 0.6 is 0 Å². The Kier molecular flexibility index (Phi) is 8.98. The fraction of sp³-hybridized carbons (Fsp3) is 0.524. The molecule has 1 heterocycles. The summed E-state index contributed by atoms with van der Waals surface area (Å²) >= 11 is 0. The van der Waals surface area contributed by atoms with Crippen molar-refractivity contribution in [2.24, 2.45) is 0 Å². The quantitative estimate of drug-likeness (QED) is 0.381. The normalized spacial score (nSPS) is 10.8. The maximum atomic E-state index is 5.53. The summed E-state index contributed by atoms with van der Waals surface area (Å²) in [6.07, 6.45) is 12.4. The SMILES string of the molecule is CCCCCCCc1cnc(-c2ccc(OCOCCC)cc2)nc1. The van der Waals surface area contributed by atoms with Gasteiger partial charge in [-0.15, -0.1) is 0 Å². The summed E-state index contributed by atoms with van der Waals surface area (Å²) in [5.41, 5.74) is 2.21. The third kappa shape index (κ3) is 7.22. The lowest BCUT2D eigenvalue weighted by atomic mass is 10.1. The van der Waals surface area contributed by atoms with Crippen molar-refractivity contribution in [3.05, 3.63) is 42.2 Å². The fourth-order valence-corrected chi connectivity index (χ4v) is 2.58. The number of benzene rings is 1. The van der Waals surface area contributed by atoms with Gasteiger partial charge >= 0.3 is 0 Å². The molecule has 0 spiro atoms. The Morgan fingerprint density at radius 2 is 1.56 bits per heavy atom. The average Bonchev–Trinajstić information content (AvgIpc) is 2.66. The number of hydrogen-bond donors (Lipinski definition) is 0. The van der Waals surface area contributed by atoms with Gasteiger partial charge in [0.2, 0.25) is 0 Å². The summed E-state index contributed by atoms with van der Waals surface area (Å²) in [4.78, 5) is 9.01. The van der Waals surface area contributed by atoms with E-state index < -0.39 is 0 Å². The van der Waals surface area contributed by atoms with Crippen LogP contribution < -0.4 is 4.74 Å². The predicted octanol–water partition coefficient (Wildman–Crippen LogP) is 5.42. The Labute approximate surface area is 151 Å². The minimum atomic E-state index is 0.288. The molecule has 0 aliphatic heterocycles. The molecule has 1 aromatic carbocycles. The van der Waals surface area contributed by atoms with Crippen molar-refractivity contribution in [3.8, 4) is 17.1 Å². The van der Waals surface area contributed by atoms with Crippen molar-refractivity contribution in [2.45, 2.75) is 58.8 Å². The lowest BCUT2D eigenvalue weighted by Gasteiger charge is -2.07. The molecule has 136 valence electrons. The van der Waals surface area contributed by atoms with Crippen LogP contribution in [0.5, 0.6) is 5.75 Å². The summed E-state index contributed by atoms with van der Waals surface area (Å²) in [6, 6.07) is 7.81. The van der Waals surface area contributed by atoms with E-state index in [1.807, 2.05) is 36.7 Å². The van der Waals surface area contributed by atoms with E-state index in [1.165, 1.54) is 37.7 Å². The molecule has 0 atom stereocenters. The van der Waals surface area contributed by atoms with Crippen LogP contribution in [0.1, 0.15) is 57.9 Å². The van der Waals surface area contributed by atoms with E-state index in [0.29, 0.717) is 0 Å². The molecule has 0 aliphatic rings. The van der Waals surface area contributed by atoms with Crippen LogP contribution in [0.2, 0.25) is 0 Å². The van der Waals surface area contributed by atoms with E-state index in [-0.39, 0.29) is 6.79 Å². The van der Waals surface area contributed by atoms with Gasteiger partial charge in [-0.2, -0.15) is 0 Å². The summed E-state index contributed by atoms with van der Waals surface area (Å²) in [7, 11) is 0. The summed E-state index contributed by atoms with van der Waals surface area (Å²) in [5, 5.41) is 0. The van der Waals surface area contributed by atoms with Crippen molar-refractivity contribution < 1.29 is 9.47 Å². The number of rotatable bonds is 12. The van der Waals surface area contributed by atoms with Gasteiger partial charge in [-0.3, -0.25) is 0 Å². The summed E-state index contributed by atoms with van der Waals surface area (Å²) in [5.74, 6) is 1.55. The maximum Gasteiger partial charge on any atom is 0.189 e. The molecule has 4 nitrogen and oxygen atoms in total. The summed E-state index contributed by atoms with van der Waals surface area (Å²) < 4.78 is 10.8. The molecule has 0 aliphatic carbocycles. The summed E-state index contributed by atoms with van der Waals surface area (Å²) in [6.45, 7) is 5.32. The second-order valence-electron chi connectivity index (χ2n) is 6.27. The number of hydrogen-bond acceptors (Lipinski definition) is 4. The van der Waals surface area contributed by atoms with Crippen LogP contribution in [-0.2, 0) is 11.2 Å². The first-order valence-corrected chi connectivity index (χ1v) is 9.45. The molecule has 2 aromatic rings. The van der Waals surface area contributed by atoms with Gasteiger partial charge in [0, 0.05) is 18.0 Å². The molecule has 2 rings (SSSR count). The molecule has 0 fully saturated rings. The van der Waals surface area contributed by atoms with E-state index in [4.69, 9.17) is 9.47 Å². The zero-order valence-corrected chi connectivity index (χ0v) is 15.5. The Hall–Kier alpha value is -1.94. The minimum Gasteiger partial charge on any atom is -0.468 e. The lowest BCUT2D eigenvalue weighted by molar-refractivity contribution is 0.0157. The monoisotopic (exact) mass is 342 g/mol. The molecule has 0 N–H and O–H groups in total. The molecule has 0 saturated carbocycles. The Morgan fingerprint density at radius 3 is 2.24 bits per heavy atom. The van der Waals surface area contributed by atoms with Crippen molar-refractivity contribution in [1.82, 2.24) is 9.97 Å². The Balaban J connectivity index is 1.80. The largest absolute Gasteiger partial charge is 0.468 e. The highest BCUT2D eigenvalue weighted by Gasteiger charge is 2.03. The molecule has 25 heavy (non-hydrogen) atoms. The van der Waals surface area contributed by atoms with Crippen LogP contribution in [0.25, 0.3) is 11.4 Å². The standard InChI is InChI=1S/C21H30N2O2/c1-3-5-6-7-8-9-18-15-22-21(23-16-18)19-10-12-20(13-11-19)25-17-24-14-4-2/h10-13,15-16H,3-9,14,17H2,1-2H3. The minimum absolute atomic E-state index is 0.288. The highest BCUT2D eigenvalue weighted by Crippen LogP contribution is 2.19. The van der Waals surface area contributed by atoms with Gasteiger partial charge in [0.1, 0.15) is 5.75 Å². The molecule has 0 unspecified atom stereocenters. The van der Waals surface area contributed by atoms with E-state index in [1.54, 1.807) is 0 Å². The predicted molar refractivity (Wildman–Crippen MR) is 102 cm³/mol. The third-order valence-electron chi connectivity index (χ3n) is 4.04. The van der Waals surface area contributed by atoms with Gasteiger partial charge in [-0.1, -0.05) is 39.5 Å². The van der Waals surface area contributed by atoms with Crippen LogP contribution in [0.4, 0.5) is 0 Å². The average molecular weight is 342 g/mol. The van der Waals surface area contributed by atoms with E-state index >= 15 is 0 Å². The highest BCUT2D eigenvalue weighted by atomic mass is 16.7. The van der Waals surface area contributed by atoms with Crippen molar-refractivity contribution >= 4 is 0 Å². The third-order valence-corrected chi connectivity index (χ3v) is 4.04. The van der Waals surface area contributed by atoms with Crippen molar-refractivity contribution in [2.75, 3.05) is 13.4 Å². The van der Waals surface area contributed by atoms with Gasteiger partial charge in [-0.05, 0) is 49.1 Å². The molecule has 4 heteroatoms. The molecule has 1 aromatic heterocycles. The molecule has 0 radical (unpaired) electrons. The molecule has 0 bridgehead atoms. The first-order valence-electron chi connectivity index (χ1n) is 9.45. The second kappa shape index (κ2) is 11.6.